The van der Waals surface area contributed by atoms with E-state index >= 15 is 0 Å². The highest BCUT2D eigenvalue weighted by Gasteiger charge is 2.16. The van der Waals surface area contributed by atoms with E-state index in [0.717, 1.165) is 18.2 Å². The molecule has 18 heavy (non-hydrogen) atoms. The van der Waals surface area contributed by atoms with Crippen LogP contribution < -0.4 is 4.72 Å². The molecule has 0 saturated heterocycles. The second-order valence-corrected chi connectivity index (χ2v) is 5.58. The Bertz CT molecular complexity index is 504. The van der Waals surface area contributed by atoms with Crippen molar-refractivity contribution in [2.75, 3.05) is 13.7 Å². The SMILES string of the molecule is COC(C)CNS(=O)(=O)c1ccc(F)c(CO)c1. The molecule has 7 heteroatoms. The Labute approximate surface area is 106 Å². The summed E-state index contributed by atoms with van der Waals surface area (Å²) in [7, 11) is -2.25. The van der Waals surface area contributed by atoms with Crippen LogP contribution in [-0.4, -0.2) is 33.3 Å². The van der Waals surface area contributed by atoms with Gasteiger partial charge in [0.05, 0.1) is 17.6 Å². The number of aliphatic hydroxyl groups is 1. The number of halogens is 1. The van der Waals surface area contributed by atoms with Gasteiger partial charge in [-0.3, -0.25) is 0 Å². The van der Waals surface area contributed by atoms with E-state index < -0.39 is 22.4 Å². The van der Waals surface area contributed by atoms with Crippen LogP contribution in [0.25, 0.3) is 0 Å². The zero-order chi connectivity index (χ0) is 13.8. The molecule has 0 heterocycles. The molecule has 0 aliphatic rings. The van der Waals surface area contributed by atoms with Gasteiger partial charge < -0.3 is 9.84 Å². The van der Waals surface area contributed by atoms with Crippen LogP contribution in [0.1, 0.15) is 12.5 Å². The van der Waals surface area contributed by atoms with Crippen molar-refractivity contribution < 1.29 is 22.7 Å². The maximum Gasteiger partial charge on any atom is 0.240 e. The Morgan fingerprint density at radius 3 is 2.72 bits per heavy atom. The molecule has 0 spiro atoms. The summed E-state index contributed by atoms with van der Waals surface area (Å²) in [6.07, 6.45) is -0.266. The molecule has 0 fully saturated rings. The topological polar surface area (TPSA) is 75.6 Å². The molecule has 1 atom stereocenters. The number of nitrogens with one attached hydrogen (secondary N) is 1. The van der Waals surface area contributed by atoms with Crippen LogP contribution in [0.2, 0.25) is 0 Å². The van der Waals surface area contributed by atoms with E-state index in [1.807, 2.05) is 0 Å². The van der Waals surface area contributed by atoms with Crippen molar-refractivity contribution in [3.05, 3.63) is 29.6 Å². The summed E-state index contributed by atoms with van der Waals surface area (Å²) >= 11 is 0. The standard InChI is InChI=1S/C11H16FNO4S/c1-8(17-2)6-13-18(15,16)10-3-4-11(12)9(5-10)7-14/h3-5,8,13-14H,6-7H2,1-2H3. The maximum absolute atomic E-state index is 13.1. The van der Waals surface area contributed by atoms with E-state index in [2.05, 4.69) is 4.72 Å². The van der Waals surface area contributed by atoms with Gasteiger partial charge in [-0.15, -0.1) is 0 Å². The first kappa shape index (κ1) is 15.0. The molecular formula is C11H16FNO4S. The Morgan fingerprint density at radius 2 is 2.17 bits per heavy atom. The summed E-state index contributed by atoms with van der Waals surface area (Å²) in [4.78, 5) is -0.0868. The molecule has 0 aliphatic heterocycles. The minimum Gasteiger partial charge on any atom is -0.392 e. The molecule has 0 aliphatic carbocycles. The highest BCUT2D eigenvalue weighted by molar-refractivity contribution is 7.89. The number of rotatable bonds is 6. The summed E-state index contributed by atoms with van der Waals surface area (Å²) in [5.74, 6) is -0.637. The minimum atomic E-state index is -3.72. The lowest BCUT2D eigenvalue weighted by atomic mass is 10.2. The molecule has 0 amide bonds. The largest absolute Gasteiger partial charge is 0.392 e. The third-order valence-electron chi connectivity index (χ3n) is 2.46. The number of hydrogen-bond acceptors (Lipinski definition) is 4. The lowest BCUT2D eigenvalue weighted by Crippen LogP contribution is -2.31. The molecular weight excluding hydrogens is 261 g/mol. The number of sulfonamides is 1. The van der Waals surface area contributed by atoms with E-state index in [-0.39, 0.29) is 23.1 Å². The molecule has 0 bridgehead atoms. The fourth-order valence-corrected chi connectivity index (χ4v) is 2.40. The summed E-state index contributed by atoms with van der Waals surface area (Å²) < 4.78 is 44.1. The van der Waals surface area contributed by atoms with Gasteiger partial charge in [0, 0.05) is 19.2 Å². The zero-order valence-electron chi connectivity index (χ0n) is 10.2. The number of hydrogen-bond donors (Lipinski definition) is 2. The fourth-order valence-electron chi connectivity index (χ4n) is 1.23. The van der Waals surface area contributed by atoms with Crippen LogP contribution in [0.4, 0.5) is 4.39 Å². The van der Waals surface area contributed by atoms with Gasteiger partial charge in [-0.05, 0) is 25.1 Å². The van der Waals surface area contributed by atoms with E-state index in [9.17, 15) is 12.8 Å². The van der Waals surface area contributed by atoms with Gasteiger partial charge >= 0.3 is 0 Å². The van der Waals surface area contributed by atoms with Gasteiger partial charge in [0.2, 0.25) is 10.0 Å². The molecule has 2 N–H and O–H groups in total. The van der Waals surface area contributed by atoms with Crippen molar-refractivity contribution in [1.82, 2.24) is 4.72 Å². The first-order valence-electron chi connectivity index (χ1n) is 5.32. The van der Waals surface area contributed by atoms with E-state index in [0.29, 0.717) is 0 Å². The van der Waals surface area contributed by atoms with E-state index in [1.54, 1.807) is 6.92 Å². The number of aliphatic hydroxyl groups excluding tert-OH is 1. The summed E-state index contributed by atoms with van der Waals surface area (Å²) in [6, 6.07) is 3.27. The van der Waals surface area contributed by atoms with E-state index in [4.69, 9.17) is 9.84 Å². The first-order valence-corrected chi connectivity index (χ1v) is 6.80. The van der Waals surface area contributed by atoms with Gasteiger partial charge in [-0.25, -0.2) is 17.5 Å². The van der Waals surface area contributed by atoms with Crippen molar-refractivity contribution >= 4 is 10.0 Å². The van der Waals surface area contributed by atoms with Gasteiger partial charge in [0.25, 0.3) is 0 Å². The smallest absolute Gasteiger partial charge is 0.240 e. The van der Waals surface area contributed by atoms with Crippen molar-refractivity contribution in [2.45, 2.75) is 24.5 Å². The average molecular weight is 277 g/mol. The molecule has 1 unspecified atom stereocenters. The van der Waals surface area contributed by atoms with Crippen molar-refractivity contribution in [2.24, 2.45) is 0 Å². The number of ether oxygens (including phenoxy) is 1. The van der Waals surface area contributed by atoms with Gasteiger partial charge in [0.15, 0.2) is 0 Å². The van der Waals surface area contributed by atoms with Crippen LogP contribution >= 0.6 is 0 Å². The third kappa shape index (κ3) is 3.74. The van der Waals surface area contributed by atoms with Crippen LogP contribution in [0.5, 0.6) is 0 Å². The molecule has 0 aromatic heterocycles. The lowest BCUT2D eigenvalue weighted by Gasteiger charge is -2.12. The van der Waals surface area contributed by atoms with Crippen molar-refractivity contribution in [1.29, 1.82) is 0 Å². The van der Waals surface area contributed by atoms with Crippen molar-refractivity contribution in [3.63, 3.8) is 0 Å². The van der Waals surface area contributed by atoms with E-state index in [1.165, 1.54) is 7.11 Å². The Morgan fingerprint density at radius 1 is 1.50 bits per heavy atom. The third-order valence-corrected chi connectivity index (χ3v) is 3.88. The Hall–Kier alpha value is -1.02. The normalized spacial score (nSPS) is 13.6. The van der Waals surface area contributed by atoms with Crippen LogP contribution in [-0.2, 0) is 21.4 Å². The Balaban J connectivity index is 2.91. The highest BCUT2D eigenvalue weighted by Crippen LogP contribution is 2.15. The molecule has 0 saturated carbocycles. The van der Waals surface area contributed by atoms with Gasteiger partial charge in [0.1, 0.15) is 5.82 Å². The van der Waals surface area contributed by atoms with Crippen LogP contribution in [0.3, 0.4) is 0 Å². The minimum absolute atomic E-state index is 0.0577. The average Bonchev–Trinajstić information content (AvgIpc) is 2.36. The van der Waals surface area contributed by atoms with Gasteiger partial charge in [-0.1, -0.05) is 0 Å². The molecule has 5 nitrogen and oxygen atoms in total. The number of benzene rings is 1. The van der Waals surface area contributed by atoms with Gasteiger partial charge in [-0.2, -0.15) is 0 Å². The molecule has 1 aromatic rings. The lowest BCUT2D eigenvalue weighted by molar-refractivity contribution is 0.122. The molecule has 0 radical (unpaired) electrons. The second-order valence-electron chi connectivity index (χ2n) is 3.81. The van der Waals surface area contributed by atoms with Crippen LogP contribution in [0.15, 0.2) is 23.1 Å². The first-order chi connectivity index (χ1) is 8.40. The summed E-state index contributed by atoms with van der Waals surface area (Å²) in [5.41, 5.74) is -0.0577. The van der Waals surface area contributed by atoms with Crippen LogP contribution in [0, 0.1) is 5.82 Å². The summed E-state index contributed by atoms with van der Waals surface area (Å²) in [5, 5.41) is 8.89. The predicted molar refractivity (Wildman–Crippen MR) is 64.0 cm³/mol. The molecule has 1 rings (SSSR count). The highest BCUT2D eigenvalue weighted by atomic mass is 32.2. The molecule has 1 aromatic carbocycles. The predicted octanol–water partition coefficient (Wildman–Crippen LogP) is 0.631. The quantitative estimate of drug-likeness (QED) is 0.799. The monoisotopic (exact) mass is 277 g/mol. The fraction of sp³-hybridized carbons (Fsp3) is 0.455. The number of methoxy groups -OCH3 is 1. The van der Waals surface area contributed by atoms with Crippen molar-refractivity contribution in [3.8, 4) is 0 Å². The Kier molecular flexibility index (Phi) is 5.21. The molecule has 102 valence electrons. The summed E-state index contributed by atoms with van der Waals surface area (Å²) in [6.45, 7) is 1.28. The second kappa shape index (κ2) is 6.24. The zero-order valence-corrected chi connectivity index (χ0v) is 11.0. The maximum atomic E-state index is 13.1.